The Labute approximate surface area is 564 Å². The van der Waals surface area contributed by atoms with E-state index in [0.717, 1.165) is 51.4 Å². The molecule has 29 heteroatoms. The number of nitrogens with two attached hydrogens (primary N) is 1. The van der Waals surface area contributed by atoms with Crippen LogP contribution in [0.5, 0.6) is 0 Å². The summed E-state index contributed by atoms with van der Waals surface area (Å²) in [5, 5.41) is 50.9. The van der Waals surface area contributed by atoms with Crippen LogP contribution in [0.25, 0.3) is 0 Å². The third kappa shape index (κ3) is 45.5. The van der Waals surface area contributed by atoms with E-state index >= 15 is 0 Å². The fourth-order valence-corrected chi connectivity index (χ4v) is 10.4. The van der Waals surface area contributed by atoms with E-state index in [9.17, 15) is 77.6 Å². The Hall–Kier alpha value is -6.92. The number of carbonyl (C=O) groups excluding carboxylic acids is 9. The molecule has 6 atom stereocenters. The van der Waals surface area contributed by atoms with Crippen molar-refractivity contribution in [1.29, 1.82) is 0 Å². The lowest BCUT2D eigenvalue weighted by molar-refractivity contribution is -0.145. The van der Waals surface area contributed by atoms with E-state index < -0.39 is 102 Å². The van der Waals surface area contributed by atoms with Gasteiger partial charge in [-0.25, -0.2) is 14.6 Å². The first-order valence-corrected chi connectivity index (χ1v) is 34.1. The SMILES string of the molecule is CC(=O)[C@H](CCCCNC(=O)CC[C@H](CC(=O)CC[C@H](NC(=O)COCCOCCCC(=O)COCCOCCNC(=O)CC[C@H](NC(=O)CCCCCCCCCCCCCCCCC(=O)O)C(=O)O)C(=O)O)C(=O)O)NC(C)C(=O)C(C)(C)CC(=O)[C@@H](N)Cc1cnc[nH]1. The molecule has 0 aliphatic carbocycles. The van der Waals surface area contributed by atoms with Crippen LogP contribution in [0.2, 0.25) is 0 Å². The van der Waals surface area contributed by atoms with E-state index in [1.165, 1.54) is 45.4 Å². The number of hydrogen-bond donors (Lipinski definition) is 11. The second kappa shape index (κ2) is 53.2. The Morgan fingerprint density at radius 2 is 1.04 bits per heavy atom. The highest BCUT2D eigenvalue weighted by atomic mass is 16.5. The highest BCUT2D eigenvalue weighted by Gasteiger charge is 2.36. The van der Waals surface area contributed by atoms with E-state index in [-0.39, 0.29) is 159 Å². The minimum atomic E-state index is -1.47. The Balaban J connectivity index is 2.15. The maximum atomic E-state index is 13.4. The van der Waals surface area contributed by atoms with Crippen LogP contribution in [-0.2, 0) is 87.7 Å². The first-order valence-electron chi connectivity index (χ1n) is 34.1. The fraction of sp³-hybridized carbons (Fsp3) is 0.761. The van der Waals surface area contributed by atoms with Crippen molar-refractivity contribution in [3.63, 3.8) is 0 Å². The molecule has 0 aliphatic heterocycles. The average Bonchev–Trinajstić information content (AvgIpc) is 0.923. The number of aromatic amines is 1. The highest BCUT2D eigenvalue weighted by molar-refractivity contribution is 5.95. The minimum absolute atomic E-state index is 0.0300. The number of carbonyl (C=O) groups is 13. The van der Waals surface area contributed by atoms with Crippen molar-refractivity contribution in [2.24, 2.45) is 17.1 Å². The molecule has 0 saturated heterocycles. The van der Waals surface area contributed by atoms with Gasteiger partial charge >= 0.3 is 23.9 Å². The predicted molar refractivity (Wildman–Crippen MR) is 352 cm³/mol. The standard InChI is InChI=1S/C67H112N8O21/c1-47(63(86)67(3,4)42-57(79)53(68)41-50-43-69-46-72-50)73-54(48(2)76)23-19-20-32-70-58(80)30-26-49(64(87)88)40-51(77)27-28-55(65(89)90)75-61(83)45-96-39-36-93-34-21-22-52(78)44-95-38-37-94-35-33-71-59(81)31-29-56(66(91)92)74-60(82)24-17-15-13-11-9-7-5-6-8-10-12-14-16-18-25-62(84)85/h43,46-47,49,53-56,73H,5-42,44-45,68H2,1-4H3,(H,69,72)(H,70,80)(H,71,81)(H,74,82)(H,75,83)(H,84,85)(H,87,88)(H,89,90)(H,91,92)/t47?,49-,53+,54+,55+,56+/m1/s1. The molecule has 1 heterocycles. The number of Topliss-reactive ketones (excluding diaryl/α,β-unsaturated/α-hetero) is 5. The number of imidazole rings is 1. The van der Waals surface area contributed by atoms with Crippen molar-refractivity contribution >= 4 is 76.4 Å². The fourth-order valence-electron chi connectivity index (χ4n) is 10.4. The number of ketones is 5. The second-order valence-corrected chi connectivity index (χ2v) is 25.2. The normalized spacial score (nSPS) is 13.3. The van der Waals surface area contributed by atoms with Crippen LogP contribution in [0, 0.1) is 11.3 Å². The number of nitrogens with zero attached hydrogens (tertiary/aromatic N) is 1. The summed E-state index contributed by atoms with van der Waals surface area (Å²) in [6.45, 7) is 6.71. The number of hydrogen-bond acceptors (Lipinski definition) is 20. The van der Waals surface area contributed by atoms with E-state index in [1.54, 1.807) is 27.0 Å². The smallest absolute Gasteiger partial charge is 0.326 e. The van der Waals surface area contributed by atoms with Crippen LogP contribution in [0.15, 0.2) is 12.5 Å². The summed E-state index contributed by atoms with van der Waals surface area (Å²) in [5.41, 5.74) is 5.73. The zero-order valence-corrected chi connectivity index (χ0v) is 57.2. The zero-order valence-electron chi connectivity index (χ0n) is 57.2. The second-order valence-electron chi connectivity index (χ2n) is 25.2. The van der Waals surface area contributed by atoms with Gasteiger partial charge in [0.1, 0.15) is 36.9 Å². The molecule has 1 aromatic rings. The van der Waals surface area contributed by atoms with Gasteiger partial charge in [0, 0.05) is 94.8 Å². The molecule has 546 valence electrons. The van der Waals surface area contributed by atoms with Gasteiger partial charge in [-0.15, -0.1) is 0 Å². The maximum absolute atomic E-state index is 13.4. The molecule has 12 N–H and O–H groups in total. The van der Waals surface area contributed by atoms with Crippen LogP contribution in [0.3, 0.4) is 0 Å². The monoisotopic (exact) mass is 1360 g/mol. The van der Waals surface area contributed by atoms with Crippen molar-refractivity contribution in [3.8, 4) is 0 Å². The van der Waals surface area contributed by atoms with Crippen LogP contribution in [0.1, 0.15) is 220 Å². The van der Waals surface area contributed by atoms with Gasteiger partial charge in [0.25, 0.3) is 0 Å². The van der Waals surface area contributed by atoms with E-state index in [0.29, 0.717) is 37.8 Å². The van der Waals surface area contributed by atoms with Crippen LogP contribution < -0.4 is 32.3 Å². The average molecular weight is 1370 g/mol. The van der Waals surface area contributed by atoms with Gasteiger partial charge in [0.2, 0.25) is 23.6 Å². The molecular weight excluding hydrogens is 1250 g/mol. The van der Waals surface area contributed by atoms with Crippen LogP contribution in [0.4, 0.5) is 0 Å². The summed E-state index contributed by atoms with van der Waals surface area (Å²) in [6.07, 6.45) is 18.5. The number of amides is 4. The lowest BCUT2D eigenvalue weighted by atomic mass is 9.78. The number of rotatable bonds is 65. The van der Waals surface area contributed by atoms with Gasteiger partial charge in [-0.2, -0.15) is 0 Å². The Kier molecular flexibility index (Phi) is 48.2. The topological polar surface area (TPSA) is 455 Å². The zero-order chi connectivity index (χ0) is 71.5. The van der Waals surface area contributed by atoms with Gasteiger partial charge in [-0.05, 0) is 71.6 Å². The number of ether oxygens (including phenoxy) is 4. The number of unbranched alkanes of at least 4 members (excludes halogenated alkanes) is 14. The largest absolute Gasteiger partial charge is 0.481 e. The lowest BCUT2D eigenvalue weighted by Crippen LogP contribution is -2.49. The van der Waals surface area contributed by atoms with Gasteiger partial charge < -0.3 is 71.4 Å². The third-order valence-corrected chi connectivity index (χ3v) is 16.0. The first kappa shape index (κ1) is 87.1. The highest BCUT2D eigenvalue weighted by Crippen LogP contribution is 2.26. The van der Waals surface area contributed by atoms with Gasteiger partial charge in [-0.1, -0.05) is 90.9 Å². The van der Waals surface area contributed by atoms with E-state index in [2.05, 4.69) is 36.6 Å². The van der Waals surface area contributed by atoms with E-state index in [4.69, 9.17) is 29.8 Å². The maximum Gasteiger partial charge on any atom is 0.326 e. The minimum Gasteiger partial charge on any atom is -0.481 e. The molecule has 0 aliphatic rings. The number of H-pyrrole nitrogens is 1. The summed E-state index contributed by atoms with van der Waals surface area (Å²) in [6, 6.07) is -4.91. The molecule has 1 unspecified atom stereocenters. The Morgan fingerprint density at radius 1 is 0.521 bits per heavy atom. The molecule has 0 radical (unpaired) electrons. The summed E-state index contributed by atoms with van der Waals surface area (Å²) in [5.74, 6) is -9.38. The van der Waals surface area contributed by atoms with Gasteiger partial charge in [-0.3, -0.25) is 58.1 Å². The number of carboxylic acid groups (broad SMARTS) is 4. The molecular formula is C67H112N8O21. The Morgan fingerprint density at radius 3 is 1.59 bits per heavy atom. The van der Waals surface area contributed by atoms with Crippen molar-refractivity contribution in [1.82, 2.24) is 36.6 Å². The quantitative estimate of drug-likeness (QED) is 0.0380. The molecule has 0 spiro atoms. The number of aromatic nitrogens is 2. The summed E-state index contributed by atoms with van der Waals surface area (Å²) < 4.78 is 21.5. The molecule has 4 amide bonds. The molecule has 1 aromatic heterocycles. The third-order valence-electron chi connectivity index (χ3n) is 16.0. The lowest BCUT2D eigenvalue weighted by Gasteiger charge is -2.29. The molecule has 0 aromatic carbocycles. The van der Waals surface area contributed by atoms with Gasteiger partial charge in [0.15, 0.2) is 17.3 Å². The van der Waals surface area contributed by atoms with E-state index in [1.807, 2.05) is 0 Å². The number of aliphatic carboxylic acids is 4. The molecule has 0 saturated carbocycles. The van der Waals surface area contributed by atoms with Crippen molar-refractivity contribution in [2.45, 2.75) is 251 Å². The number of carboxylic acids is 4. The van der Waals surface area contributed by atoms with Gasteiger partial charge in [0.05, 0.1) is 63.4 Å². The van der Waals surface area contributed by atoms with Crippen molar-refractivity contribution < 1.29 is 102 Å². The summed E-state index contributed by atoms with van der Waals surface area (Å²) in [7, 11) is 0. The molecule has 1 rings (SSSR count). The van der Waals surface area contributed by atoms with Crippen molar-refractivity contribution in [2.75, 3.05) is 65.9 Å². The van der Waals surface area contributed by atoms with Crippen LogP contribution in [-0.4, -0.2) is 203 Å². The molecule has 0 fully saturated rings. The van der Waals surface area contributed by atoms with Crippen molar-refractivity contribution in [3.05, 3.63) is 18.2 Å². The molecule has 29 nitrogen and oxygen atoms in total. The summed E-state index contributed by atoms with van der Waals surface area (Å²) >= 11 is 0. The molecule has 96 heavy (non-hydrogen) atoms. The Bertz CT molecular complexity index is 2500. The summed E-state index contributed by atoms with van der Waals surface area (Å²) in [4.78, 5) is 167. The predicted octanol–water partition coefficient (Wildman–Crippen LogP) is 5.05. The van der Waals surface area contributed by atoms with Crippen LogP contribution >= 0.6 is 0 Å². The first-order chi connectivity index (χ1) is 45.7. The molecule has 0 bridgehead atoms. The number of nitrogens with one attached hydrogen (secondary N) is 6.